The van der Waals surface area contributed by atoms with Gasteiger partial charge in [0.05, 0.1) is 11.4 Å². The van der Waals surface area contributed by atoms with Crippen LogP contribution in [0.5, 0.6) is 0 Å². The van der Waals surface area contributed by atoms with Crippen LogP contribution in [0.4, 0.5) is 0 Å². The molecule has 0 saturated heterocycles. The van der Waals surface area contributed by atoms with Crippen LogP contribution in [0.15, 0.2) is 33.5 Å². The van der Waals surface area contributed by atoms with E-state index >= 15 is 0 Å². The van der Waals surface area contributed by atoms with Gasteiger partial charge in [-0.05, 0) is 60.7 Å². The molecule has 0 aliphatic carbocycles. The van der Waals surface area contributed by atoms with Gasteiger partial charge in [0.2, 0.25) is 5.82 Å². The van der Waals surface area contributed by atoms with Gasteiger partial charge in [0.25, 0.3) is 5.89 Å². The zero-order valence-electron chi connectivity index (χ0n) is 13.1. The summed E-state index contributed by atoms with van der Waals surface area (Å²) in [6.45, 7) is 3.08. The maximum absolute atomic E-state index is 5.54. The molecule has 0 aliphatic rings. The van der Waals surface area contributed by atoms with E-state index in [0.29, 0.717) is 11.7 Å². The minimum absolute atomic E-state index is 0.630. The van der Waals surface area contributed by atoms with Crippen molar-refractivity contribution in [3.05, 3.63) is 45.3 Å². The van der Waals surface area contributed by atoms with Crippen LogP contribution >= 0.6 is 22.7 Å². The topological polar surface area (TPSA) is 66.6 Å². The highest BCUT2D eigenvalue weighted by atomic mass is 32.1. The van der Waals surface area contributed by atoms with Gasteiger partial charge in [-0.3, -0.25) is 0 Å². The molecular weight excluding hydrogens is 326 g/mol. The van der Waals surface area contributed by atoms with Crippen molar-refractivity contribution in [2.24, 2.45) is 0 Å². The molecule has 0 aliphatic heterocycles. The smallest absolute Gasteiger partial charge is 0.254 e. The van der Waals surface area contributed by atoms with E-state index in [1.54, 1.807) is 22.7 Å². The minimum atomic E-state index is 0.630. The lowest BCUT2D eigenvalue weighted by atomic mass is 10.1. The van der Waals surface area contributed by atoms with Gasteiger partial charge in [0.15, 0.2) is 0 Å². The molecule has 3 aromatic rings. The predicted octanol–water partition coefficient (Wildman–Crippen LogP) is 4.12. The summed E-state index contributed by atoms with van der Waals surface area (Å²) in [5.41, 5.74) is 6.31. The number of quaternary nitrogens is 1. The van der Waals surface area contributed by atoms with Crippen LogP contribution in [0, 0.1) is 6.92 Å². The van der Waals surface area contributed by atoms with Gasteiger partial charge in [0.1, 0.15) is 0 Å². The third kappa shape index (κ3) is 3.96. The molecule has 6 heteroatoms. The summed E-state index contributed by atoms with van der Waals surface area (Å²) in [7, 11) is 0. The Balaban J connectivity index is 1.89. The molecule has 3 heterocycles. The van der Waals surface area contributed by atoms with E-state index in [-0.39, 0.29) is 0 Å². The summed E-state index contributed by atoms with van der Waals surface area (Å²) >= 11 is 3.36. The molecule has 0 radical (unpaired) electrons. The first-order valence-corrected chi connectivity index (χ1v) is 9.45. The van der Waals surface area contributed by atoms with Crippen molar-refractivity contribution >= 4 is 34.3 Å². The maximum Gasteiger partial charge on any atom is 0.254 e. The van der Waals surface area contributed by atoms with Crippen molar-refractivity contribution in [3.63, 3.8) is 0 Å². The number of allylic oxidation sites excluding steroid dienone is 1. The number of unbranched alkanes of at least 4 members (excludes halogenated alkanes) is 1. The van der Waals surface area contributed by atoms with Crippen LogP contribution < -0.4 is 5.73 Å². The molecule has 0 saturated carbocycles. The van der Waals surface area contributed by atoms with Gasteiger partial charge in [-0.2, -0.15) is 4.98 Å². The van der Waals surface area contributed by atoms with Crippen LogP contribution in [0.1, 0.15) is 35.6 Å². The molecular formula is C17H20N3OS2+. The van der Waals surface area contributed by atoms with Crippen molar-refractivity contribution in [1.82, 2.24) is 10.1 Å². The molecule has 0 amide bonds. The van der Waals surface area contributed by atoms with Crippen molar-refractivity contribution in [1.29, 1.82) is 0 Å². The second-order valence-electron chi connectivity index (χ2n) is 5.35. The summed E-state index contributed by atoms with van der Waals surface area (Å²) in [6.07, 6.45) is 5.30. The lowest BCUT2D eigenvalue weighted by Crippen LogP contribution is -2.50. The van der Waals surface area contributed by atoms with E-state index in [2.05, 4.69) is 40.3 Å². The number of aryl methyl sites for hydroxylation is 1. The SMILES string of the molecule is Cc1ccsc1/C=C(\CCCC[NH3+])c1nc(-c2cccs2)no1. The van der Waals surface area contributed by atoms with E-state index in [4.69, 9.17) is 4.52 Å². The maximum atomic E-state index is 5.54. The first-order chi connectivity index (χ1) is 11.3. The Kier molecular flexibility index (Phi) is 5.38. The number of hydrogen-bond donors (Lipinski definition) is 1. The van der Waals surface area contributed by atoms with Gasteiger partial charge in [0, 0.05) is 10.5 Å². The number of rotatable bonds is 7. The molecule has 4 nitrogen and oxygen atoms in total. The normalized spacial score (nSPS) is 12.0. The zero-order chi connectivity index (χ0) is 16.1. The van der Waals surface area contributed by atoms with Gasteiger partial charge < -0.3 is 10.3 Å². The van der Waals surface area contributed by atoms with E-state index < -0.39 is 0 Å². The van der Waals surface area contributed by atoms with Gasteiger partial charge in [-0.15, -0.1) is 22.7 Å². The first kappa shape index (κ1) is 16.1. The quantitative estimate of drug-likeness (QED) is 0.654. The Labute approximate surface area is 143 Å². The van der Waals surface area contributed by atoms with E-state index in [0.717, 1.165) is 36.3 Å². The van der Waals surface area contributed by atoms with Gasteiger partial charge in [-0.25, -0.2) is 0 Å². The summed E-state index contributed by atoms with van der Waals surface area (Å²) < 4.78 is 5.54. The number of nitrogens with zero attached hydrogens (tertiary/aromatic N) is 2. The predicted molar refractivity (Wildman–Crippen MR) is 96.1 cm³/mol. The summed E-state index contributed by atoms with van der Waals surface area (Å²) in [5.74, 6) is 1.30. The minimum Gasteiger partial charge on any atom is -0.358 e. The van der Waals surface area contributed by atoms with Gasteiger partial charge in [-0.1, -0.05) is 11.2 Å². The third-order valence-corrected chi connectivity index (χ3v) is 5.43. The van der Waals surface area contributed by atoms with Gasteiger partial charge >= 0.3 is 0 Å². The molecule has 3 N–H and O–H groups in total. The molecule has 3 aromatic heterocycles. The fourth-order valence-electron chi connectivity index (χ4n) is 2.28. The molecule has 0 fully saturated rings. The second kappa shape index (κ2) is 7.68. The van der Waals surface area contributed by atoms with Crippen molar-refractivity contribution in [2.75, 3.05) is 6.54 Å². The number of thiophene rings is 2. The standard InChI is InChI=1S/C17H19N3OS2/c1-12-7-10-23-15(12)11-13(5-2-3-8-18)17-19-16(20-21-17)14-6-4-9-22-14/h4,6-7,9-11H,2-3,5,8,18H2,1H3/p+1/b13-11+. The van der Waals surface area contributed by atoms with E-state index in [1.165, 1.54) is 10.4 Å². The lowest BCUT2D eigenvalue weighted by Gasteiger charge is -2.02. The summed E-state index contributed by atoms with van der Waals surface area (Å²) in [5, 5.41) is 8.26. The van der Waals surface area contributed by atoms with Crippen molar-refractivity contribution in [3.8, 4) is 10.7 Å². The van der Waals surface area contributed by atoms with Crippen LogP contribution in [-0.4, -0.2) is 16.7 Å². The highest BCUT2D eigenvalue weighted by Gasteiger charge is 2.14. The Morgan fingerprint density at radius 2 is 2.17 bits per heavy atom. The van der Waals surface area contributed by atoms with Crippen LogP contribution in [0.25, 0.3) is 22.4 Å². The summed E-state index contributed by atoms with van der Waals surface area (Å²) in [4.78, 5) is 6.88. The Morgan fingerprint density at radius 3 is 2.87 bits per heavy atom. The fourth-order valence-corrected chi connectivity index (χ4v) is 3.82. The van der Waals surface area contributed by atoms with Crippen LogP contribution in [-0.2, 0) is 0 Å². The monoisotopic (exact) mass is 346 g/mol. The van der Waals surface area contributed by atoms with E-state index in [1.807, 2.05) is 17.5 Å². The number of aromatic nitrogens is 2. The largest absolute Gasteiger partial charge is 0.358 e. The molecule has 0 unspecified atom stereocenters. The molecule has 120 valence electrons. The first-order valence-electron chi connectivity index (χ1n) is 7.70. The average molecular weight is 347 g/mol. The molecule has 23 heavy (non-hydrogen) atoms. The van der Waals surface area contributed by atoms with Crippen molar-refractivity contribution < 1.29 is 10.3 Å². The Morgan fingerprint density at radius 1 is 1.26 bits per heavy atom. The summed E-state index contributed by atoms with van der Waals surface area (Å²) in [6, 6.07) is 6.14. The Bertz CT molecular complexity index is 771. The molecule has 0 bridgehead atoms. The molecule has 3 rings (SSSR count). The molecule has 0 aromatic carbocycles. The second-order valence-corrected chi connectivity index (χ2v) is 7.24. The highest BCUT2D eigenvalue weighted by molar-refractivity contribution is 7.13. The molecule has 0 atom stereocenters. The van der Waals surface area contributed by atoms with Crippen LogP contribution in [0.3, 0.4) is 0 Å². The third-order valence-electron chi connectivity index (χ3n) is 3.60. The van der Waals surface area contributed by atoms with Crippen molar-refractivity contribution in [2.45, 2.75) is 26.2 Å². The average Bonchev–Trinajstić information content (AvgIpc) is 3.28. The Hall–Kier alpha value is -1.76. The zero-order valence-corrected chi connectivity index (χ0v) is 14.8. The lowest BCUT2D eigenvalue weighted by molar-refractivity contribution is -0.368. The fraction of sp³-hybridized carbons (Fsp3) is 0.294. The molecule has 0 spiro atoms. The highest BCUT2D eigenvalue weighted by Crippen LogP contribution is 2.29. The number of hydrogen-bond acceptors (Lipinski definition) is 5. The van der Waals surface area contributed by atoms with E-state index in [9.17, 15) is 0 Å². The van der Waals surface area contributed by atoms with Crippen LogP contribution in [0.2, 0.25) is 0 Å².